The molecule has 1 heterocycles. The normalized spacial score (nSPS) is 12.9. The van der Waals surface area contributed by atoms with Gasteiger partial charge >= 0.3 is 0 Å². The zero-order valence-electron chi connectivity index (χ0n) is 12.9. The average molecular weight is 321 g/mol. The van der Waals surface area contributed by atoms with Crippen LogP contribution >= 0.6 is 7.14 Å². The second-order valence-electron chi connectivity index (χ2n) is 5.37. The maximum absolute atomic E-state index is 13.8. The van der Waals surface area contributed by atoms with E-state index in [-0.39, 0.29) is 0 Å². The molecule has 0 saturated carbocycles. The first-order valence-electron chi connectivity index (χ1n) is 7.79. The lowest BCUT2D eigenvalue weighted by molar-refractivity contribution is 0.592. The Hall–Kier alpha value is -2.15. The van der Waals surface area contributed by atoms with Crippen LogP contribution in [0.2, 0.25) is 0 Å². The van der Waals surface area contributed by atoms with E-state index in [9.17, 15) is 4.57 Å². The van der Waals surface area contributed by atoms with E-state index in [0.717, 1.165) is 15.9 Å². The summed E-state index contributed by atoms with van der Waals surface area (Å²) in [6.07, 6.45) is 0. The van der Waals surface area contributed by atoms with Crippen LogP contribution in [0.3, 0.4) is 0 Å². The van der Waals surface area contributed by atoms with Crippen molar-refractivity contribution in [2.45, 2.75) is 0 Å². The van der Waals surface area contributed by atoms with Crippen molar-refractivity contribution in [1.82, 2.24) is 5.32 Å². The van der Waals surface area contributed by atoms with Gasteiger partial charge in [-0.25, -0.2) is 0 Å². The highest BCUT2D eigenvalue weighted by molar-refractivity contribution is 7.85. The number of hydrogen-bond donors (Lipinski definition) is 1. The lowest BCUT2D eigenvalue weighted by atomic mass is 10.4. The van der Waals surface area contributed by atoms with E-state index in [1.54, 1.807) is 0 Å². The average Bonchev–Trinajstić information content (AvgIpc) is 3.52. The minimum absolute atomic E-state index is 0.873. The van der Waals surface area contributed by atoms with Crippen LogP contribution in [0.15, 0.2) is 91.0 Å². The Morgan fingerprint density at radius 1 is 0.565 bits per heavy atom. The Morgan fingerprint density at radius 2 is 0.826 bits per heavy atom. The van der Waals surface area contributed by atoms with E-state index in [2.05, 4.69) is 5.32 Å². The molecular weight excluding hydrogens is 301 g/mol. The van der Waals surface area contributed by atoms with Crippen molar-refractivity contribution in [1.29, 1.82) is 0 Å². The lowest BCUT2D eigenvalue weighted by Gasteiger charge is -2.19. The van der Waals surface area contributed by atoms with E-state index in [1.165, 1.54) is 13.1 Å². The van der Waals surface area contributed by atoms with Crippen molar-refractivity contribution in [2.24, 2.45) is 0 Å². The van der Waals surface area contributed by atoms with Crippen molar-refractivity contribution in [2.75, 3.05) is 13.1 Å². The molecule has 3 aromatic carbocycles. The molecule has 1 saturated heterocycles. The molecule has 2 nitrogen and oxygen atoms in total. The van der Waals surface area contributed by atoms with Gasteiger partial charge < -0.3 is 9.88 Å². The molecule has 0 unspecified atom stereocenters. The summed E-state index contributed by atoms with van der Waals surface area (Å²) >= 11 is 0. The first-order valence-corrected chi connectivity index (χ1v) is 9.50. The molecule has 0 aromatic heterocycles. The molecule has 1 fully saturated rings. The number of hydrogen-bond acceptors (Lipinski definition) is 2. The summed E-state index contributed by atoms with van der Waals surface area (Å²) < 4.78 is 13.8. The monoisotopic (exact) mass is 321 g/mol. The van der Waals surface area contributed by atoms with Crippen LogP contribution in [0, 0.1) is 0 Å². The Morgan fingerprint density at radius 3 is 1.04 bits per heavy atom. The molecule has 116 valence electrons. The third kappa shape index (κ3) is 3.79. The molecule has 0 atom stereocenters. The van der Waals surface area contributed by atoms with Crippen molar-refractivity contribution >= 4 is 23.1 Å². The standard InChI is InChI=1S/C18H15OP.C2H5N/c19-20(16-10-4-1-5-11-16,17-12-6-2-7-13-17)18-14-8-3-9-15-18;1-2-3-1/h1-15H;3H,1-2H2. The summed E-state index contributed by atoms with van der Waals surface area (Å²) in [6, 6.07) is 29.1. The summed E-state index contributed by atoms with van der Waals surface area (Å²) in [5.74, 6) is 0. The summed E-state index contributed by atoms with van der Waals surface area (Å²) in [7, 11) is -2.78. The zero-order valence-corrected chi connectivity index (χ0v) is 13.8. The summed E-state index contributed by atoms with van der Waals surface area (Å²) in [5, 5.41) is 5.62. The molecule has 1 aliphatic heterocycles. The lowest BCUT2D eigenvalue weighted by Crippen LogP contribution is -2.24. The van der Waals surface area contributed by atoms with Crippen molar-refractivity contribution in [3.8, 4) is 0 Å². The van der Waals surface area contributed by atoms with E-state index in [4.69, 9.17) is 0 Å². The zero-order chi connectivity index (χ0) is 16.0. The van der Waals surface area contributed by atoms with E-state index >= 15 is 0 Å². The summed E-state index contributed by atoms with van der Waals surface area (Å²) in [5.41, 5.74) is 0. The third-order valence-electron chi connectivity index (χ3n) is 3.61. The second kappa shape index (κ2) is 7.41. The van der Waals surface area contributed by atoms with Gasteiger partial charge in [-0.2, -0.15) is 0 Å². The van der Waals surface area contributed by atoms with Gasteiger partial charge in [0.1, 0.15) is 0 Å². The predicted octanol–water partition coefficient (Wildman–Crippen LogP) is 2.92. The van der Waals surface area contributed by atoms with Gasteiger partial charge in [0.05, 0.1) is 0 Å². The molecule has 0 spiro atoms. The van der Waals surface area contributed by atoms with Gasteiger partial charge in [-0.3, -0.25) is 0 Å². The van der Waals surface area contributed by atoms with Crippen LogP contribution in [0.25, 0.3) is 0 Å². The van der Waals surface area contributed by atoms with E-state index < -0.39 is 7.14 Å². The molecule has 0 amide bonds. The minimum Gasteiger partial charge on any atom is -0.314 e. The van der Waals surface area contributed by atoms with Gasteiger partial charge in [0.25, 0.3) is 0 Å². The van der Waals surface area contributed by atoms with Gasteiger partial charge in [-0.05, 0) is 0 Å². The van der Waals surface area contributed by atoms with Crippen molar-refractivity contribution in [3.05, 3.63) is 91.0 Å². The van der Waals surface area contributed by atoms with Crippen LogP contribution in [0.4, 0.5) is 0 Å². The smallest absolute Gasteiger partial charge is 0.171 e. The van der Waals surface area contributed by atoms with Gasteiger partial charge in [0, 0.05) is 29.0 Å². The number of benzene rings is 3. The Bertz CT molecular complexity index is 664. The van der Waals surface area contributed by atoms with E-state index in [0.29, 0.717) is 0 Å². The maximum atomic E-state index is 13.8. The predicted molar refractivity (Wildman–Crippen MR) is 98.7 cm³/mol. The Balaban J connectivity index is 0.000000468. The topological polar surface area (TPSA) is 39.0 Å². The highest BCUT2D eigenvalue weighted by Crippen LogP contribution is 2.41. The quantitative estimate of drug-likeness (QED) is 0.595. The van der Waals surface area contributed by atoms with Gasteiger partial charge in [0.2, 0.25) is 0 Å². The summed E-state index contributed by atoms with van der Waals surface area (Å²) in [4.78, 5) is 0. The Kier molecular flexibility index (Phi) is 5.07. The highest BCUT2D eigenvalue weighted by Gasteiger charge is 2.28. The Labute approximate surface area is 137 Å². The van der Waals surface area contributed by atoms with Crippen LogP contribution in [-0.4, -0.2) is 13.1 Å². The molecule has 0 radical (unpaired) electrons. The fraction of sp³-hybridized carbons (Fsp3) is 0.100. The highest BCUT2D eigenvalue weighted by atomic mass is 31.2. The number of rotatable bonds is 3. The van der Waals surface area contributed by atoms with Crippen LogP contribution < -0.4 is 21.2 Å². The largest absolute Gasteiger partial charge is 0.314 e. The third-order valence-corrected chi connectivity index (χ3v) is 6.69. The van der Waals surface area contributed by atoms with Crippen LogP contribution in [-0.2, 0) is 4.57 Å². The molecule has 3 heteroatoms. The van der Waals surface area contributed by atoms with Crippen molar-refractivity contribution < 1.29 is 4.57 Å². The second-order valence-corrected chi connectivity index (χ2v) is 8.13. The molecule has 23 heavy (non-hydrogen) atoms. The molecule has 4 rings (SSSR count). The molecule has 0 bridgehead atoms. The van der Waals surface area contributed by atoms with Crippen LogP contribution in [0.1, 0.15) is 0 Å². The molecule has 0 aliphatic carbocycles. The van der Waals surface area contributed by atoms with Crippen LogP contribution in [0.5, 0.6) is 0 Å². The summed E-state index contributed by atoms with van der Waals surface area (Å²) in [6.45, 7) is 2.50. The minimum atomic E-state index is -2.78. The fourth-order valence-electron chi connectivity index (χ4n) is 2.36. The van der Waals surface area contributed by atoms with Crippen molar-refractivity contribution in [3.63, 3.8) is 0 Å². The number of nitrogens with one attached hydrogen (secondary N) is 1. The fourth-order valence-corrected chi connectivity index (χ4v) is 5.03. The first kappa shape index (κ1) is 15.7. The first-order chi connectivity index (χ1) is 11.3. The molecule has 1 aliphatic rings. The molecule has 3 aromatic rings. The van der Waals surface area contributed by atoms with Gasteiger partial charge in [-0.15, -0.1) is 0 Å². The molecule has 1 N–H and O–H groups in total. The van der Waals surface area contributed by atoms with E-state index in [1.807, 2.05) is 91.0 Å². The maximum Gasteiger partial charge on any atom is 0.171 e. The van der Waals surface area contributed by atoms with Gasteiger partial charge in [-0.1, -0.05) is 91.0 Å². The SMILES string of the molecule is C1CN1.O=P(c1ccccc1)(c1ccccc1)c1ccccc1. The molecular formula is C20H20NOP. The van der Waals surface area contributed by atoms with Gasteiger partial charge in [0.15, 0.2) is 7.14 Å².